The highest BCUT2D eigenvalue weighted by molar-refractivity contribution is 7.99. The Balaban J connectivity index is 1.25. The Bertz CT molecular complexity index is 973. The van der Waals surface area contributed by atoms with E-state index < -0.39 is 8.32 Å². The lowest BCUT2D eigenvalue weighted by atomic mass is 10.2. The van der Waals surface area contributed by atoms with Gasteiger partial charge in [0.15, 0.2) is 8.32 Å². The molecule has 4 rings (SSSR count). The minimum Gasteiger partial charge on any atom is -0.416 e. The van der Waals surface area contributed by atoms with Crippen LogP contribution in [-0.4, -0.2) is 70.5 Å². The summed E-state index contributed by atoms with van der Waals surface area (Å²) < 4.78 is 6.39. The van der Waals surface area contributed by atoms with E-state index >= 15 is 0 Å². The second-order valence-electron chi connectivity index (χ2n) is 11.0. The van der Waals surface area contributed by atoms with Crippen molar-refractivity contribution in [1.82, 2.24) is 9.80 Å². The molecule has 1 fully saturated rings. The highest BCUT2D eigenvalue weighted by atomic mass is 35.5. The fourth-order valence-electron chi connectivity index (χ4n) is 4.38. The topological polar surface area (TPSA) is 19.0 Å². The number of hydrogen-bond acceptors (Lipinski definition) is 5. The molecule has 0 N–H and O–H groups in total. The molecule has 0 unspecified atom stereocenters. The molecular weight excluding hydrogens is 478 g/mol. The molecule has 186 valence electrons. The van der Waals surface area contributed by atoms with Gasteiger partial charge in [0.1, 0.15) is 0 Å². The van der Waals surface area contributed by atoms with Crippen LogP contribution >= 0.6 is 23.4 Å². The largest absolute Gasteiger partial charge is 0.416 e. The monoisotopic (exact) mass is 517 g/mol. The van der Waals surface area contributed by atoms with E-state index in [0.29, 0.717) is 0 Å². The minimum absolute atomic E-state index is 0.283. The SMILES string of the molecule is CC(C)(C)[Si](C)(C)OCCN1CCN(CCCN2c3ccccc3Sc3ccc(Cl)cc32)CC1. The zero-order chi connectivity index (χ0) is 24.3. The summed E-state index contributed by atoms with van der Waals surface area (Å²) in [6.45, 7) is 20.3. The Labute approximate surface area is 216 Å². The van der Waals surface area contributed by atoms with Crippen LogP contribution in [0.5, 0.6) is 0 Å². The average molecular weight is 518 g/mol. The van der Waals surface area contributed by atoms with Crippen LogP contribution in [0.3, 0.4) is 0 Å². The number of para-hydroxylation sites is 1. The molecule has 0 atom stereocenters. The number of fused-ring (bicyclic) bond motifs is 2. The Morgan fingerprint density at radius 3 is 2.24 bits per heavy atom. The third-order valence-electron chi connectivity index (χ3n) is 7.59. The van der Waals surface area contributed by atoms with Crippen molar-refractivity contribution in [3.63, 3.8) is 0 Å². The molecule has 2 aromatic carbocycles. The van der Waals surface area contributed by atoms with Gasteiger partial charge < -0.3 is 14.2 Å². The van der Waals surface area contributed by atoms with Gasteiger partial charge in [0.25, 0.3) is 0 Å². The van der Waals surface area contributed by atoms with Crippen LogP contribution in [0.4, 0.5) is 11.4 Å². The van der Waals surface area contributed by atoms with Gasteiger partial charge in [0.2, 0.25) is 0 Å². The van der Waals surface area contributed by atoms with Gasteiger partial charge in [-0.15, -0.1) is 0 Å². The molecule has 2 heterocycles. The van der Waals surface area contributed by atoms with E-state index in [1.165, 1.54) is 21.2 Å². The Morgan fingerprint density at radius 2 is 1.53 bits per heavy atom. The lowest BCUT2D eigenvalue weighted by Gasteiger charge is -2.38. The Morgan fingerprint density at radius 1 is 0.882 bits per heavy atom. The highest BCUT2D eigenvalue weighted by Gasteiger charge is 2.37. The molecule has 2 aliphatic rings. The second kappa shape index (κ2) is 10.9. The van der Waals surface area contributed by atoms with E-state index in [-0.39, 0.29) is 5.04 Å². The van der Waals surface area contributed by atoms with Gasteiger partial charge in [-0.3, -0.25) is 4.90 Å². The van der Waals surface area contributed by atoms with Crippen molar-refractivity contribution in [2.24, 2.45) is 0 Å². The number of hydrogen-bond donors (Lipinski definition) is 0. The summed E-state index contributed by atoms with van der Waals surface area (Å²) >= 11 is 8.21. The summed E-state index contributed by atoms with van der Waals surface area (Å²) in [4.78, 5) is 10.3. The van der Waals surface area contributed by atoms with Gasteiger partial charge in [-0.05, 0) is 61.4 Å². The predicted octanol–water partition coefficient (Wildman–Crippen LogP) is 6.97. The van der Waals surface area contributed by atoms with Crippen molar-refractivity contribution < 1.29 is 4.43 Å². The smallest absolute Gasteiger partial charge is 0.192 e. The van der Waals surface area contributed by atoms with Gasteiger partial charge in [0, 0.05) is 60.7 Å². The molecule has 0 radical (unpaired) electrons. The summed E-state index contributed by atoms with van der Waals surface area (Å²) in [5, 5.41) is 1.09. The average Bonchev–Trinajstić information content (AvgIpc) is 2.79. The predicted molar refractivity (Wildman–Crippen MR) is 150 cm³/mol. The summed E-state index contributed by atoms with van der Waals surface area (Å²) in [6, 6.07) is 15.0. The van der Waals surface area contributed by atoms with Gasteiger partial charge in [-0.1, -0.05) is 56.3 Å². The van der Waals surface area contributed by atoms with Gasteiger partial charge >= 0.3 is 0 Å². The molecule has 2 aromatic rings. The molecule has 0 spiro atoms. The van der Waals surface area contributed by atoms with Gasteiger partial charge in [0.05, 0.1) is 11.4 Å². The second-order valence-corrected chi connectivity index (χ2v) is 17.3. The third kappa shape index (κ3) is 6.21. The van der Waals surface area contributed by atoms with Crippen molar-refractivity contribution in [2.75, 3.05) is 57.3 Å². The van der Waals surface area contributed by atoms with Crippen molar-refractivity contribution >= 4 is 43.1 Å². The van der Waals surface area contributed by atoms with Crippen LogP contribution in [0.2, 0.25) is 23.2 Å². The van der Waals surface area contributed by atoms with E-state index in [1.807, 2.05) is 17.8 Å². The maximum atomic E-state index is 6.39. The molecule has 2 aliphatic heterocycles. The van der Waals surface area contributed by atoms with Gasteiger partial charge in [-0.2, -0.15) is 0 Å². The third-order valence-corrected chi connectivity index (χ3v) is 13.5. The van der Waals surface area contributed by atoms with Crippen molar-refractivity contribution in [3.8, 4) is 0 Å². The fraction of sp³-hybridized carbons (Fsp3) is 0.556. The van der Waals surface area contributed by atoms with Crippen LogP contribution in [0.25, 0.3) is 0 Å². The Hall–Kier alpha value is -1.02. The standard InChI is InChI=1S/C27H40ClN3OSSi/c1-27(2,3)34(4,5)32-20-19-30-17-15-29(16-18-30)13-8-14-31-23-9-6-7-10-25(23)33-26-12-11-22(28)21-24(26)31/h6-7,9-12,21H,8,13-20H2,1-5H3. The zero-order valence-electron chi connectivity index (χ0n) is 21.4. The molecule has 0 amide bonds. The van der Waals surface area contributed by atoms with Crippen molar-refractivity contribution in [3.05, 3.63) is 47.5 Å². The lowest BCUT2D eigenvalue weighted by Crippen LogP contribution is -2.49. The molecule has 34 heavy (non-hydrogen) atoms. The number of nitrogens with zero attached hydrogens (tertiary/aromatic N) is 3. The van der Waals surface area contributed by atoms with Gasteiger partial charge in [-0.25, -0.2) is 0 Å². The van der Waals surface area contributed by atoms with Crippen molar-refractivity contribution in [1.29, 1.82) is 0 Å². The van der Waals surface area contributed by atoms with E-state index in [4.69, 9.17) is 16.0 Å². The molecule has 0 aromatic heterocycles. The molecule has 7 heteroatoms. The normalized spacial score (nSPS) is 17.5. The van der Waals surface area contributed by atoms with Crippen LogP contribution in [0, 0.1) is 0 Å². The first-order valence-corrected chi connectivity index (χ1v) is 16.7. The number of benzene rings is 2. The number of piperazine rings is 1. The quantitative estimate of drug-likeness (QED) is 0.351. The Kier molecular flexibility index (Phi) is 8.38. The fourth-order valence-corrected chi connectivity index (χ4v) is 6.66. The molecule has 4 nitrogen and oxygen atoms in total. The minimum atomic E-state index is -1.64. The summed E-state index contributed by atoms with van der Waals surface area (Å²) in [5.41, 5.74) is 2.54. The first-order chi connectivity index (χ1) is 16.1. The molecule has 0 aliphatic carbocycles. The first-order valence-electron chi connectivity index (χ1n) is 12.6. The van der Waals surface area contributed by atoms with E-state index in [2.05, 4.69) is 85.0 Å². The van der Waals surface area contributed by atoms with Crippen LogP contribution in [0.1, 0.15) is 27.2 Å². The maximum Gasteiger partial charge on any atom is 0.192 e. The van der Waals surface area contributed by atoms with Crippen LogP contribution in [-0.2, 0) is 4.43 Å². The van der Waals surface area contributed by atoms with Crippen molar-refractivity contribution in [2.45, 2.75) is 55.1 Å². The summed E-state index contributed by atoms with van der Waals surface area (Å²) in [6.07, 6.45) is 1.14. The number of halogens is 1. The van der Waals surface area contributed by atoms with Crippen LogP contribution in [0.15, 0.2) is 52.3 Å². The molecule has 0 saturated carbocycles. The number of anilines is 2. The first kappa shape index (κ1) is 26.1. The van der Waals surface area contributed by atoms with Crippen LogP contribution < -0.4 is 4.90 Å². The highest BCUT2D eigenvalue weighted by Crippen LogP contribution is 2.48. The molecular formula is C27H40ClN3OSSi. The maximum absolute atomic E-state index is 6.39. The summed E-state index contributed by atoms with van der Waals surface area (Å²) in [7, 11) is -1.64. The van der Waals surface area contributed by atoms with E-state index in [9.17, 15) is 0 Å². The lowest BCUT2D eigenvalue weighted by molar-refractivity contribution is 0.114. The van der Waals surface area contributed by atoms with E-state index in [0.717, 1.165) is 63.9 Å². The van der Waals surface area contributed by atoms with E-state index in [1.54, 1.807) is 0 Å². The summed E-state index contributed by atoms with van der Waals surface area (Å²) in [5.74, 6) is 0. The zero-order valence-corrected chi connectivity index (χ0v) is 24.0. The number of rotatable bonds is 8. The molecule has 1 saturated heterocycles. The molecule has 0 bridgehead atoms.